The Morgan fingerprint density at radius 2 is 2.00 bits per heavy atom. The first-order valence-corrected chi connectivity index (χ1v) is 6.74. The van der Waals surface area contributed by atoms with Gasteiger partial charge in [-0.2, -0.15) is 5.10 Å². The molecule has 0 atom stereocenters. The van der Waals surface area contributed by atoms with Crippen LogP contribution >= 0.6 is 0 Å². The van der Waals surface area contributed by atoms with Crippen LogP contribution in [0.4, 0.5) is 14.9 Å². The number of carboxylic acids is 1. The highest BCUT2D eigenvalue weighted by molar-refractivity contribution is 5.88. The number of carboxylic acid groups (broad SMARTS) is 1. The summed E-state index contributed by atoms with van der Waals surface area (Å²) in [5.74, 6) is -1.75. The van der Waals surface area contributed by atoms with Crippen LogP contribution in [0.1, 0.15) is 31.3 Å². The fraction of sp³-hybridized carbons (Fsp3) is 0.267. The van der Waals surface area contributed by atoms with Gasteiger partial charge < -0.3 is 9.84 Å². The molecule has 1 aromatic heterocycles. The molecule has 2 rings (SSSR count). The summed E-state index contributed by atoms with van der Waals surface area (Å²) in [4.78, 5) is 22.8. The lowest BCUT2D eigenvalue weighted by Gasteiger charge is -2.20. The summed E-state index contributed by atoms with van der Waals surface area (Å²) in [6, 6.07) is 4.95. The molecule has 23 heavy (non-hydrogen) atoms. The molecule has 0 fully saturated rings. The molecule has 1 amide bonds. The number of ether oxygens (including phenoxy) is 1. The largest absolute Gasteiger partial charge is 0.476 e. The fourth-order valence-electron chi connectivity index (χ4n) is 1.79. The highest BCUT2D eigenvalue weighted by atomic mass is 19.1. The van der Waals surface area contributed by atoms with Crippen molar-refractivity contribution in [3.05, 3.63) is 42.0 Å². The number of carbonyl (C=O) groups excluding carboxylic acids is 1. The summed E-state index contributed by atoms with van der Waals surface area (Å²) >= 11 is 0. The van der Waals surface area contributed by atoms with E-state index in [0.717, 1.165) is 6.07 Å². The Hall–Kier alpha value is -2.90. The molecule has 122 valence electrons. The molecule has 0 saturated heterocycles. The molecule has 0 spiro atoms. The van der Waals surface area contributed by atoms with Crippen LogP contribution in [0.25, 0.3) is 5.69 Å². The normalized spacial score (nSPS) is 11.1. The fourth-order valence-corrected chi connectivity index (χ4v) is 1.79. The molecule has 8 heteroatoms. The number of aromatic carboxylic acids is 1. The van der Waals surface area contributed by atoms with E-state index in [9.17, 15) is 14.0 Å². The number of benzene rings is 1. The summed E-state index contributed by atoms with van der Waals surface area (Å²) in [6.45, 7) is 5.10. The van der Waals surface area contributed by atoms with E-state index >= 15 is 0 Å². The van der Waals surface area contributed by atoms with Crippen molar-refractivity contribution in [1.29, 1.82) is 0 Å². The zero-order valence-electron chi connectivity index (χ0n) is 12.8. The van der Waals surface area contributed by atoms with Crippen molar-refractivity contribution in [2.24, 2.45) is 0 Å². The smallest absolute Gasteiger partial charge is 0.412 e. The van der Waals surface area contributed by atoms with E-state index in [0.29, 0.717) is 5.69 Å². The average molecular weight is 321 g/mol. The average Bonchev–Trinajstić information content (AvgIpc) is 2.86. The number of nitrogens with zero attached hydrogens (tertiary/aromatic N) is 2. The number of hydrogen-bond donors (Lipinski definition) is 2. The minimum atomic E-state index is -1.19. The van der Waals surface area contributed by atoms with Crippen LogP contribution in [0.15, 0.2) is 30.5 Å². The second kappa shape index (κ2) is 6.07. The molecule has 0 bridgehead atoms. The number of aromatic nitrogens is 2. The molecule has 0 unspecified atom stereocenters. The Labute approximate surface area is 131 Å². The Balaban J connectivity index is 2.33. The minimum Gasteiger partial charge on any atom is -0.476 e. The third kappa shape index (κ3) is 4.29. The number of anilines is 1. The van der Waals surface area contributed by atoms with E-state index in [2.05, 4.69) is 10.4 Å². The minimum absolute atomic E-state index is 0.110. The molecule has 2 aromatic rings. The SMILES string of the molecule is CC(C)(C)OC(=O)Nc1cc(F)ccc1-n1ccc(C(=O)O)n1. The quantitative estimate of drug-likeness (QED) is 0.906. The van der Waals surface area contributed by atoms with Gasteiger partial charge in [0.25, 0.3) is 0 Å². The molecule has 7 nitrogen and oxygen atoms in total. The molecule has 0 aliphatic heterocycles. The number of halogens is 1. The topological polar surface area (TPSA) is 93.5 Å². The van der Waals surface area contributed by atoms with Crippen molar-refractivity contribution in [3.8, 4) is 5.69 Å². The van der Waals surface area contributed by atoms with Crippen LogP contribution in [0.3, 0.4) is 0 Å². The molecule has 0 aliphatic rings. The highest BCUT2D eigenvalue weighted by Gasteiger charge is 2.18. The van der Waals surface area contributed by atoms with E-state index in [4.69, 9.17) is 9.84 Å². The third-order valence-electron chi connectivity index (χ3n) is 2.65. The Morgan fingerprint density at radius 3 is 2.57 bits per heavy atom. The van der Waals surface area contributed by atoms with Gasteiger partial charge in [-0.15, -0.1) is 0 Å². The molecule has 0 radical (unpaired) electrons. The zero-order chi connectivity index (χ0) is 17.2. The van der Waals surface area contributed by atoms with E-state index in [-0.39, 0.29) is 11.4 Å². The van der Waals surface area contributed by atoms with Crippen molar-refractivity contribution in [2.45, 2.75) is 26.4 Å². The zero-order valence-corrected chi connectivity index (χ0v) is 12.8. The predicted molar refractivity (Wildman–Crippen MR) is 80.3 cm³/mol. The van der Waals surface area contributed by atoms with E-state index in [1.54, 1.807) is 20.8 Å². The predicted octanol–water partition coefficient (Wildman–Crippen LogP) is 3.06. The number of hydrogen-bond acceptors (Lipinski definition) is 4. The summed E-state index contributed by atoms with van der Waals surface area (Å²) in [5, 5.41) is 15.2. The van der Waals surface area contributed by atoms with Crippen LogP contribution in [-0.2, 0) is 4.74 Å². The van der Waals surface area contributed by atoms with Gasteiger partial charge in [-0.1, -0.05) is 0 Å². The van der Waals surface area contributed by atoms with Crippen LogP contribution in [-0.4, -0.2) is 32.6 Å². The summed E-state index contributed by atoms with van der Waals surface area (Å²) < 4.78 is 19.8. The maximum absolute atomic E-state index is 13.5. The highest BCUT2D eigenvalue weighted by Crippen LogP contribution is 2.22. The lowest BCUT2D eigenvalue weighted by Crippen LogP contribution is -2.27. The van der Waals surface area contributed by atoms with E-state index in [1.165, 1.54) is 29.1 Å². The van der Waals surface area contributed by atoms with Gasteiger partial charge in [0.2, 0.25) is 0 Å². The molecular formula is C15H16FN3O4. The van der Waals surface area contributed by atoms with Gasteiger partial charge in [-0.05, 0) is 45.0 Å². The number of amides is 1. The van der Waals surface area contributed by atoms with Crippen molar-refractivity contribution < 1.29 is 23.8 Å². The summed E-state index contributed by atoms with van der Waals surface area (Å²) in [5.41, 5.74) is -0.457. The summed E-state index contributed by atoms with van der Waals surface area (Å²) in [6.07, 6.45) is 0.645. The van der Waals surface area contributed by atoms with Crippen molar-refractivity contribution in [2.75, 3.05) is 5.32 Å². The van der Waals surface area contributed by atoms with E-state index < -0.39 is 23.5 Å². The van der Waals surface area contributed by atoms with Crippen LogP contribution in [0.2, 0.25) is 0 Å². The molecule has 0 aliphatic carbocycles. The lowest BCUT2D eigenvalue weighted by atomic mass is 10.2. The third-order valence-corrected chi connectivity index (χ3v) is 2.65. The Morgan fingerprint density at radius 1 is 1.30 bits per heavy atom. The van der Waals surface area contributed by atoms with Gasteiger partial charge in [0, 0.05) is 6.20 Å². The van der Waals surface area contributed by atoms with Gasteiger partial charge in [-0.3, -0.25) is 5.32 Å². The number of carbonyl (C=O) groups is 2. The molecule has 2 N–H and O–H groups in total. The van der Waals surface area contributed by atoms with Crippen molar-refractivity contribution in [3.63, 3.8) is 0 Å². The Bertz CT molecular complexity index is 749. The first-order valence-electron chi connectivity index (χ1n) is 6.74. The summed E-state index contributed by atoms with van der Waals surface area (Å²) in [7, 11) is 0. The van der Waals surface area contributed by atoms with Crippen LogP contribution < -0.4 is 5.32 Å². The second-order valence-corrected chi connectivity index (χ2v) is 5.74. The van der Waals surface area contributed by atoms with Crippen molar-refractivity contribution in [1.82, 2.24) is 9.78 Å². The number of nitrogens with one attached hydrogen (secondary N) is 1. The molecule has 1 aromatic carbocycles. The lowest BCUT2D eigenvalue weighted by molar-refractivity contribution is 0.0633. The maximum Gasteiger partial charge on any atom is 0.412 e. The Kier molecular flexibility index (Phi) is 4.35. The first kappa shape index (κ1) is 16.5. The van der Waals surface area contributed by atoms with Gasteiger partial charge >= 0.3 is 12.1 Å². The van der Waals surface area contributed by atoms with Crippen molar-refractivity contribution >= 4 is 17.7 Å². The molecule has 0 saturated carbocycles. The number of rotatable bonds is 3. The molecular weight excluding hydrogens is 305 g/mol. The van der Waals surface area contributed by atoms with Gasteiger partial charge in [0.05, 0.1) is 11.4 Å². The van der Waals surface area contributed by atoms with Crippen LogP contribution in [0, 0.1) is 5.82 Å². The molecule has 1 heterocycles. The monoisotopic (exact) mass is 321 g/mol. The van der Waals surface area contributed by atoms with Gasteiger partial charge in [0.1, 0.15) is 11.4 Å². The first-order chi connectivity index (χ1) is 10.7. The second-order valence-electron chi connectivity index (χ2n) is 5.74. The standard InChI is InChI=1S/C15H16FN3O4/c1-15(2,3)23-14(22)17-11-8-9(16)4-5-12(11)19-7-6-10(18-19)13(20)21/h4-8H,1-3H3,(H,17,22)(H,20,21). The van der Waals surface area contributed by atoms with Gasteiger partial charge in [0.15, 0.2) is 5.69 Å². The maximum atomic E-state index is 13.5. The van der Waals surface area contributed by atoms with Crippen LogP contribution in [0.5, 0.6) is 0 Å². The van der Waals surface area contributed by atoms with Gasteiger partial charge in [-0.25, -0.2) is 18.7 Å². The van der Waals surface area contributed by atoms with E-state index in [1.807, 2.05) is 0 Å².